The van der Waals surface area contributed by atoms with Crippen LogP contribution in [0.1, 0.15) is 99.3 Å². The first-order valence-electron chi connectivity index (χ1n) is 13.3. The SMILES string of the molecule is C[C@@H](OC[C@H](C)C(C)(C)C)C1CCC2/C(=C/C=C3C[C@@H](O)C4(CC4)[C@H](O)C3)CCCC21C. The van der Waals surface area contributed by atoms with Gasteiger partial charge in [0.1, 0.15) is 0 Å². The van der Waals surface area contributed by atoms with E-state index in [1.165, 1.54) is 37.7 Å². The second kappa shape index (κ2) is 8.86. The molecule has 1 spiro atoms. The third-order valence-electron chi connectivity index (χ3n) is 10.3. The summed E-state index contributed by atoms with van der Waals surface area (Å²) in [4.78, 5) is 0. The molecule has 4 rings (SSSR count). The lowest BCUT2D eigenvalue weighted by atomic mass is 9.62. The molecule has 4 saturated carbocycles. The summed E-state index contributed by atoms with van der Waals surface area (Å²) in [6.45, 7) is 14.9. The van der Waals surface area contributed by atoms with E-state index < -0.39 is 0 Å². The Hall–Kier alpha value is -0.640. The van der Waals surface area contributed by atoms with Crippen LogP contribution < -0.4 is 0 Å². The first-order valence-corrected chi connectivity index (χ1v) is 13.3. The highest BCUT2D eigenvalue weighted by Crippen LogP contribution is 2.59. The molecular formula is C29H48O3. The van der Waals surface area contributed by atoms with Crippen molar-refractivity contribution < 1.29 is 14.9 Å². The number of aliphatic hydroxyl groups excluding tert-OH is 2. The summed E-state index contributed by atoms with van der Waals surface area (Å²) in [7, 11) is 0. The van der Waals surface area contributed by atoms with Crippen molar-refractivity contribution in [3.63, 3.8) is 0 Å². The smallest absolute Gasteiger partial charge is 0.0658 e. The van der Waals surface area contributed by atoms with Crippen LogP contribution >= 0.6 is 0 Å². The van der Waals surface area contributed by atoms with Crippen molar-refractivity contribution >= 4 is 0 Å². The zero-order chi connectivity index (χ0) is 23.3. The van der Waals surface area contributed by atoms with Crippen molar-refractivity contribution in [3.8, 4) is 0 Å². The minimum atomic E-state index is -0.364. The quantitative estimate of drug-likeness (QED) is 0.513. The third-order valence-corrected chi connectivity index (χ3v) is 10.3. The number of aliphatic hydroxyl groups is 2. The van der Waals surface area contributed by atoms with Crippen LogP contribution in [0.15, 0.2) is 23.3 Å². The lowest BCUT2D eigenvalue weighted by molar-refractivity contribution is -0.0478. The molecule has 0 aliphatic heterocycles. The van der Waals surface area contributed by atoms with Crippen molar-refractivity contribution in [1.29, 1.82) is 0 Å². The highest BCUT2D eigenvalue weighted by molar-refractivity contribution is 5.28. The van der Waals surface area contributed by atoms with Gasteiger partial charge in [-0.15, -0.1) is 0 Å². The highest BCUT2D eigenvalue weighted by atomic mass is 16.5. The lowest BCUT2D eigenvalue weighted by Gasteiger charge is -2.44. The highest BCUT2D eigenvalue weighted by Gasteiger charge is 2.56. The Morgan fingerprint density at radius 3 is 2.28 bits per heavy atom. The number of rotatable bonds is 5. The van der Waals surface area contributed by atoms with Gasteiger partial charge in [-0.2, -0.15) is 0 Å². The zero-order valence-electron chi connectivity index (χ0n) is 21.5. The van der Waals surface area contributed by atoms with E-state index in [1.54, 1.807) is 5.57 Å². The van der Waals surface area contributed by atoms with E-state index in [0.717, 1.165) is 32.3 Å². The van der Waals surface area contributed by atoms with Gasteiger partial charge in [0.25, 0.3) is 0 Å². The van der Waals surface area contributed by atoms with Crippen LogP contribution in [-0.2, 0) is 4.74 Å². The Balaban J connectivity index is 1.42. The average Bonchev–Trinajstić information content (AvgIpc) is 3.44. The summed E-state index contributed by atoms with van der Waals surface area (Å²) >= 11 is 0. The fourth-order valence-electron chi connectivity index (χ4n) is 7.09. The van der Waals surface area contributed by atoms with E-state index in [1.807, 2.05) is 0 Å². The summed E-state index contributed by atoms with van der Waals surface area (Å²) in [6, 6.07) is 0. The van der Waals surface area contributed by atoms with Crippen LogP contribution in [0.4, 0.5) is 0 Å². The van der Waals surface area contributed by atoms with E-state index in [0.29, 0.717) is 29.3 Å². The molecule has 0 aromatic rings. The van der Waals surface area contributed by atoms with Gasteiger partial charge < -0.3 is 14.9 Å². The number of ether oxygens (including phenoxy) is 1. The molecule has 3 heteroatoms. The molecule has 0 amide bonds. The Kier molecular flexibility index (Phi) is 6.78. The molecule has 182 valence electrons. The van der Waals surface area contributed by atoms with Gasteiger partial charge in [0.05, 0.1) is 18.3 Å². The predicted molar refractivity (Wildman–Crippen MR) is 131 cm³/mol. The molecule has 7 atom stereocenters. The van der Waals surface area contributed by atoms with E-state index >= 15 is 0 Å². The van der Waals surface area contributed by atoms with Gasteiger partial charge in [-0.25, -0.2) is 0 Å². The summed E-state index contributed by atoms with van der Waals surface area (Å²) in [5, 5.41) is 21.1. The molecule has 2 N–H and O–H groups in total. The predicted octanol–water partition coefficient (Wildman–Crippen LogP) is 6.44. The molecule has 4 aliphatic carbocycles. The topological polar surface area (TPSA) is 49.7 Å². The molecular weight excluding hydrogens is 396 g/mol. The Morgan fingerprint density at radius 2 is 1.69 bits per heavy atom. The van der Waals surface area contributed by atoms with E-state index in [9.17, 15) is 10.2 Å². The normalized spacial score (nSPS) is 39.8. The molecule has 32 heavy (non-hydrogen) atoms. The molecule has 0 radical (unpaired) electrons. The maximum atomic E-state index is 10.6. The summed E-state index contributed by atoms with van der Waals surface area (Å²) in [5.74, 6) is 1.83. The number of hydrogen-bond donors (Lipinski definition) is 2. The van der Waals surface area contributed by atoms with Crippen molar-refractivity contribution in [3.05, 3.63) is 23.3 Å². The Bertz CT molecular complexity index is 724. The van der Waals surface area contributed by atoms with Crippen LogP contribution in [0.25, 0.3) is 0 Å². The van der Waals surface area contributed by atoms with Gasteiger partial charge in [0, 0.05) is 12.0 Å². The number of allylic oxidation sites excluding steroid dienone is 3. The molecule has 0 heterocycles. The Labute approximate surface area is 196 Å². The molecule has 4 fully saturated rings. The molecule has 3 nitrogen and oxygen atoms in total. The monoisotopic (exact) mass is 444 g/mol. The second-order valence-electron chi connectivity index (χ2n) is 13.1. The number of hydrogen-bond acceptors (Lipinski definition) is 3. The van der Waals surface area contributed by atoms with E-state index in [2.05, 4.69) is 53.7 Å². The largest absolute Gasteiger partial charge is 0.392 e. The molecule has 0 aromatic heterocycles. The van der Waals surface area contributed by atoms with Gasteiger partial charge in [-0.3, -0.25) is 0 Å². The second-order valence-corrected chi connectivity index (χ2v) is 13.1. The van der Waals surface area contributed by atoms with Crippen molar-refractivity contribution in [2.24, 2.45) is 34.0 Å². The molecule has 0 saturated heterocycles. The minimum Gasteiger partial charge on any atom is -0.392 e. The van der Waals surface area contributed by atoms with Gasteiger partial charge >= 0.3 is 0 Å². The van der Waals surface area contributed by atoms with Crippen LogP contribution in [0, 0.1) is 34.0 Å². The van der Waals surface area contributed by atoms with Crippen molar-refractivity contribution in [2.45, 2.75) is 118 Å². The van der Waals surface area contributed by atoms with Crippen molar-refractivity contribution in [1.82, 2.24) is 0 Å². The van der Waals surface area contributed by atoms with Crippen molar-refractivity contribution in [2.75, 3.05) is 6.61 Å². The van der Waals surface area contributed by atoms with Crippen LogP contribution in [0.3, 0.4) is 0 Å². The summed E-state index contributed by atoms with van der Waals surface area (Å²) in [5.41, 5.74) is 3.27. The maximum absolute atomic E-state index is 10.6. The molecule has 3 unspecified atom stereocenters. The fourth-order valence-corrected chi connectivity index (χ4v) is 7.09. The van der Waals surface area contributed by atoms with Gasteiger partial charge in [0.2, 0.25) is 0 Å². The van der Waals surface area contributed by atoms with E-state index in [4.69, 9.17) is 4.74 Å². The van der Waals surface area contributed by atoms with Crippen LogP contribution in [-0.4, -0.2) is 35.1 Å². The zero-order valence-corrected chi connectivity index (χ0v) is 21.5. The lowest BCUT2D eigenvalue weighted by Crippen LogP contribution is -2.39. The summed E-state index contributed by atoms with van der Waals surface area (Å²) in [6.07, 6.45) is 14.0. The van der Waals surface area contributed by atoms with Crippen LogP contribution in [0.5, 0.6) is 0 Å². The van der Waals surface area contributed by atoms with Gasteiger partial charge in [0.15, 0.2) is 0 Å². The first kappa shape index (κ1) is 24.5. The van der Waals surface area contributed by atoms with Gasteiger partial charge in [-0.1, -0.05) is 57.9 Å². The average molecular weight is 445 g/mol. The van der Waals surface area contributed by atoms with Crippen LogP contribution in [0.2, 0.25) is 0 Å². The first-order chi connectivity index (χ1) is 15.0. The maximum Gasteiger partial charge on any atom is 0.0658 e. The minimum absolute atomic E-state index is 0.173. The molecule has 4 aliphatic rings. The third kappa shape index (κ3) is 4.51. The Morgan fingerprint density at radius 1 is 1.03 bits per heavy atom. The summed E-state index contributed by atoms with van der Waals surface area (Å²) < 4.78 is 6.48. The fraction of sp³-hybridized carbons (Fsp3) is 0.862. The van der Waals surface area contributed by atoms with E-state index in [-0.39, 0.29) is 23.0 Å². The number of fused-ring (bicyclic) bond motifs is 1. The molecule has 0 aromatic carbocycles. The van der Waals surface area contributed by atoms with Gasteiger partial charge in [-0.05, 0) is 93.3 Å². The standard InChI is InChI=1S/C29H48O3/c1-19(27(3,4)5)18-32-20(2)23-11-12-24-22(8-7-13-28(23,24)6)10-9-21-16-25(30)29(14-15-29)26(31)17-21/h9-10,19-20,23-26,30-31H,7-8,11-18H2,1-6H3/b22-10+/t19-,20+,23?,24?,25+,26+,28?/m0/s1. The molecule has 0 bridgehead atoms.